The normalized spacial score (nSPS) is 10.9. The van der Waals surface area contributed by atoms with Crippen molar-refractivity contribution in [2.45, 2.75) is 18.7 Å². The first-order valence-electron chi connectivity index (χ1n) is 9.31. The third kappa shape index (κ3) is 5.16. The van der Waals surface area contributed by atoms with Crippen LogP contribution in [0.15, 0.2) is 65.6 Å². The first-order chi connectivity index (χ1) is 15.1. The van der Waals surface area contributed by atoms with E-state index in [1.165, 1.54) is 30.3 Å². The molecular weight excluding hydrogens is 436 g/mol. The number of phenolic OH excluding ortho intramolecular Hbond substituents is 1. The second kappa shape index (κ2) is 8.98. The smallest absolute Gasteiger partial charge is 0.394 e. The molecule has 3 aromatic carbocycles. The third-order valence-corrected chi connectivity index (χ3v) is 5.78. The first-order valence-corrected chi connectivity index (χ1v) is 10.8. The minimum absolute atomic E-state index is 0.0383. The first kappa shape index (κ1) is 22.6. The molecule has 0 aliphatic carbocycles. The van der Waals surface area contributed by atoms with E-state index in [-0.39, 0.29) is 22.1 Å². The van der Waals surface area contributed by atoms with Gasteiger partial charge in [-0.25, -0.2) is 13.2 Å². The maximum absolute atomic E-state index is 12.6. The third-order valence-electron chi connectivity index (χ3n) is 4.40. The molecule has 0 aliphatic heterocycles. The molecule has 0 unspecified atom stereocenters. The van der Waals surface area contributed by atoms with Crippen LogP contribution in [0.5, 0.6) is 17.2 Å². The molecule has 3 aromatic rings. The lowest BCUT2D eigenvalue weighted by Gasteiger charge is -2.16. The van der Waals surface area contributed by atoms with Gasteiger partial charge in [0.05, 0.1) is 10.6 Å². The minimum atomic E-state index is -3.92. The molecule has 3 rings (SSSR count). The van der Waals surface area contributed by atoms with Crippen molar-refractivity contribution < 1.29 is 33.0 Å². The molecule has 0 heterocycles. The number of nitrogens with one attached hydrogen (secondary N) is 2. The standard InChI is InChI=1S/C22H20N2O7S/c1-13-10-15(23-21(26)22(27)28)11-14(2)20(13)31-16-8-9-19(25)18(12-16)24-32(29,30)17-6-4-3-5-7-17/h3-12,24-25H,1-2H3,(H,23,26)(H,27,28). The average Bonchev–Trinajstić information content (AvgIpc) is 2.73. The Hall–Kier alpha value is -4.05. The Balaban J connectivity index is 1.86. The SMILES string of the molecule is Cc1cc(NC(=O)C(=O)O)cc(C)c1Oc1ccc(O)c(NS(=O)(=O)c2ccccc2)c1. The van der Waals surface area contributed by atoms with Crippen LogP contribution in [0.3, 0.4) is 0 Å². The summed E-state index contributed by atoms with van der Waals surface area (Å²) in [6, 6.07) is 14.9. The number of carbonyl (C=O) groups is 2. The van der Waals surface area contributed by atoms with E-state index in [2.05, 4.69) is 10.0 Å². The Bertz CT molecular complexity index is 1270. The molecule has 10 heteroatoms. The summed E-state index contributed by atoms with van der Waals surface area (Å²) in [5.41, 5.74) is 1.43. The van der Waals surface area contributed by atoms with E-state index in [0.717, 1.165) is 0 Å². The van der Waals surface area contributed by atoms with Crippen LogP contribution in [0.4, 0.5) is 11.4 Å². The number of carboxylic acids is 1. The number of rotatable bonds is 6. The van der Waals surface area contributed by atoms with E-state index in [4.69, 9.17) is 9.84 Å². The van der Waals surface area contributed by atoms with Crippen LogP contribution < -0.4 is 14.8 Å². The summed E-state index contributed by atoms with van der Waals surface area (Å²) in [6.45, 7) is 3.41. The fourth-order valence-corrected chi connectivity index (χ4v) is 4.04. The van der Waals surface area contributed by atoms with E-state index >= 15 is 0 Å². The summed E-state index contributed by atoms with van der Waals surface area (Å²) in [6.07, 6.45) is 0. The van der Waals surface area contributed by atoms with Crippen LogP contribution in [0.25, 0.3) is 0 Å². The van der Waals surface area contributed by atoms with E-state index in [1.54, 1.807) is 44.2 Å². The van der Waals surface area contributed by atoms with Gasteiger partial charge in [-0.3, -0.25) is 9.52 Å². The van der Waals surface area contributed by atoms with E-state index in [1.807, 2.05) is 0 Å². The Labute approximate surface area is 184 Å². The van der Waals surface area contributed by atoms with E-state index in [9.17, 15) is 23.1 Å². The topological polar surface area (TPSA) is 142 Å². The van der Waals surface area contributed by atoms with Crippen LogP contribution in [0, 0.1) is 13.8 Å². The molecule has 0 aliphatic rings. The van der Waals surface area contributed by atoms with Crippen molar-refractivity contribution in [3.8, 4) is 17.2 Å². The van der Waals surface area contributed by atoms with Gasteiger partial charge in [0.15, 0.2) is 0 Å². The molecular formula is C22H20N2O7S. The van der Waals surface area contributed by atoms with Crippen molar-refractivity contribution in [3.05, 3.63) is 71.8 Å². The molecule has 0 saturated carbocycles. The van der Waals surface area contributed by atoms with Crippen LogP contribution >= 0.6 is 0 Å². The highest BCUT2D eigenvalue weighted by Gasteiger charge is 2.18. The quantitative estimate of drug-likeness (QED) is 0.328. The molecule has 0 aromatic heterocycles. The number of anilines is 2. The number of sulfonamides is 1. The maximum Gasteiger partial charge on any atom is 0.394 e. The number of carbonyl (C=O) groups excluding carboxylic acids is 1. The Kier molecular flexibility index (Phi) is 6.35. The molecule has 4 N–H and O–H groups in total. The summed E-state index contributed by atoms with van der Waals surface area (Å²) >= 11 is 0. The minimum Gasteiger partial charge on any atom is -0.506 e. The molecule has 0 spiro atoms. The number of aryl methyl sites for hydroxylation is 2. The van der Waals surface area contributed by atoms with Crippen LogP contribution in [0.2, 0.25) is 0 Å². The van der Waals surface area contributed by atoms with Crippen LogP contribution in [-0.2, 0) is 19.6 Å². The molecule has 1 amide bonds. The lowest BCUT2D eigenvalue weighted by Crippen LogP contribution is -2.21. The molecule has 0 fully saturated rings. The second-order valence-corrected chi connectivity index (χ2v) is 8.58. The number of carboxylic acid groups (broad SMARTS) is 1. The lowest BCUT2D eigenvalue weighted by molar-refractivity contribution is -0.147. The number of benzene rings is 3. The highest BCUT2D eigenvalue weighted by Crippen LogP contribution is 2.35. The summed E-state index contributed by atoms with van der Waals surface area (Å²) < 4.78 is 33.4. The van der Waals surface area contributed by atoms with Crippen molar-refractivity contribution in [1.82, 2.24) is 0 Å². The zero-order valence-corrected chi connectivity index (χ0v) is 17.9. The summed E-state index contributed by atoms with van der Waals surface area (Å²) in [7, 11) is -3.92. The number of aliphatic carboxylic acids is 1. The van der Waals surface area contributed by atoms with Gasteiger partial charge < -0.3 is 20.3 Å². The highest BCUT2D eigenvalue weighted by atomic mass is 32.2. The van der Waals surface area contributed by atoms with Crippen molar-refractivity contribution in [2.75, 3.05) is 10.0 Å². The van der Waals surface area contributed by atoms with Crippen molar-refractivity contribution in [3.63, 3.8) is 0 Å². The summed E-state index contributed by atoms with van der Waals surface area (Å²) in [4.78, 5) is 22.1. The second-order valence-electron chi connectivity index (χ2n) is 6.90. The van der Waals surface area contributed by atoms with Gasteiger partial charge in [-0.2, -0.15) is 0 Å². The van der Waals surface area contributed by atoms with Gasteiger partial charge in [0.25, 0.3) is 10.0 Å². The van der Waals surface area contributed by atoms with Gasteiger partial charge in [0.1, 0.15) is 17.2 Å². The van der Waals surface area contributed by atoms with Gasteiger partial charge >= 0.3 is 11.9 Å². The van der Waals surface area contributed by atoms with E-state index in [0.29, 0.717) is 22.6 Å². The van der Waals surface area contributed by atoms with E-state index < -0.39 is 21.9 Å². The largest absolute Gasteiger partial charge is 0.506 e. The summed E-state index contributed by atoms with van der Waals surface area (Å²) in [5, 5.41) is 21.1. The Morgan fingerprint density at radius 2 is 1.56 bits per heavy atom. The van der Waals surface area contributed by atoms with Crippen LogP contribution in [0.1, 0.15) is 11.1 Å². The van der Waals surface area contributed by atoms with Crippen LogP contribution in [-0.4, -0.2) is 30.5 Å². The number of hydrogen-bond acceptors (Lipinski definition) is 6. The van der Waals surface area contributed by atoms with Gasteiger partial charge in [-0.15, -0.1) is 0 Å². The number of amides is 1. The molecule has 0 bridgehead atoms. The van der Waals surface area contributed by atoms with Crippen molar-refractivity contribution in [1.29, 1.82) is 0 Å². The fourth-order valence-electron chi connectivity index (χ4n) is 2.95. The van der Waals surface area contributed by atoms with Gasteiger partial charge in [-0.1, -0.05) is 18.2 Å². The zero-order valence-electron chi connectivity index (χ0n) is 17.1. The number of phenols is 1. The Morgan fingerprint density at radius 1 is 0.938 bits per heavy atom. The predicted molar refractivity (Wildman–Crippen MR) is 118 cm³/mol. The van der Waals surface area contributed by atoms with Gasteiger partial charge in [0.2, 0.25) is 0 Å². The van der Waals surface area contributed by atoms with Gasteiger partial charge in [0, 0.05) is 11.8 Å². The average molecular weight is 456 g/mol. The number of aromatic hydroxyl groups is 1. The molecule has 9 nitrogen and oxygen atoms in total. The molecule has 0 atom stereocenters. The predicted octanol–water partition coefficient (Wildman–Crippen LogP) is 3.63. The fraction of sp³-hybridized carbons (Fsp3) is 0.0909. The summed E-state index contributed by atoms with van der Waals surface area (Å²) in [5.74, 6) is -2.36. The molecule has 32 heavy (non-hydrogen) atoms. The monoisotopic (exact) mass is 456 g/mol. The number of ether oxygens (including phenoxy) is 1. The lowest BCUT2D eigenvalue weighted by atomic mass is 10.1. The maximum atomic E-state index is 12.6. The molecule has 0 saturated heterocycles. The number of hydrogen-bond donors (Lipinski definition) is 4. The zero-order chi connectivity index (χ0) is 23.5. The van der Waals surface area contributed by atoms with Crippen molar-refractivity contribution >= 4 is 33.3 Å². The molecule has 0 radical (unpaired) electrons. The van der Waals surface area contributed by atoms with Gasteiger partial charge in [-0.05, 0) is 61.4 Å². The highest BCUT2D eigenvalue weighted by molar-refractivity contribution is 7.92. The molecule has 166 valence electrons. The van der Waals surface area contributed by atoms with Crippen molar-refractivity contribution in [2.24, 2.45) is 0 Å². The Morgan fingerprint density at radius 3 is 2.16 bits per heavy atom.